The smallest absolute Gasteiger partial charge is 0.139 e. The van der Waals surface area contributed by atoms with Crippen molar-refractivity contribution in [2.24, 2.45) is 0 Å². The summed E-state index contributed by atoms with van der Waals surface area (Å²) in [6.45, 7) is 6.41. The van der Waals surface area contributed by atoms with Crippen LogP contribution in [-0.2, 0) is 0 Å². The molecule has 0 amide bonds. The summed E-state index contributed by atoms with van der Waals surface area (Å²) in [7, 11) is 0. The van der Waals surface area contributed by atoms with Crippen LogP contribution in [-0.4, -0.2) is 20.0 Å². The largest absolute Gasteiger partial charge is 0.507 e. The Hall–Kier alpha value is -3.79. The molecule has 0 saturated heterocycles. The molecule has 3 aromatic carbocycles. The number of anilines is 1. The average molecular weight is 408 g/mol. The van der Waals surface area contributed by atoms with Crippen molar-refractivity contribution >= 4 is 22.2 Å². The third-order valence-electron chi connectivity index (χ3n) is 5.35. The van der Waals surface area contributed by atoms with Gasteiger partial charge in [-0.25, -0.2) is 4.98 Å². The summed E-state index contributed by atoms with van der Waals surface area (Å²) in [6.07, 6.45) is 0. The minimum atomic E-state index is -0.173. The molecular formula is C27H25N3O. The lowest BCUT2D eigenvalue weighted by molar-refractivity contribution is 0.478. The van der Waals surface area contributed by atoms with Crippen LogP contribution in [0, 0.1) is 0 Å². The number of rotatable bonds is 3. The first kappa shape index (κ1) is 19.2. The monoisotopic (exact) mass is 407 g/mol. The van der Waals surface area contributed by atoms with Gasteiger partial charge in [-0.05, 0) is 49.7 Å². The standard InChI is InChI=1S/C27H25N3O/c1-27(2,3)29-26-25(19-11-5-4-6-12-19)28-23-15-9-14-21(30(23)26)24-20-13-8-7-10-18(20)16-17-22(24)31/h4-17,29,31H,1-3H3. The van der Waals surface area contributed by atoms with Gasteiger partial charge in [-0.2, -0.15) is 0 Å². The van der Waals surface area contributed by atoms with Gasteiger partial charge in [0.15, 0.2) is 0 Å². The number of hydrogen-bond donors (Lipinski definition) is 2. The number of benzene rings is 3. The fourth-order valence-corrected chi connectivity index (χ4v) is 4.09. The molecule has 31 heavy (non-hydrogen) atoms. The molecule has 0 fully saturated rings. The molecule has 0 spiro atoms. The third kappa shape index (κ3) is 3.40. The van der Waals surface area contributed by atoms with Crippen molar-refractivity contribution in [1.29, 1.82) is 0 Å². The quantitative estimate of drug-likeness (QED) is 0.348. The molecule has 0 atom stereocenters. The number of phenolic OH excluding ortho intramolecular Hbond substituents is 1. The number of phenols is 1. The Morgan fingerprint density at radius 1 is 0.806 bits per heavy atom. The maximum Gasteiger partial charge on any atom is 0.139 e. The van der Waals surface area contributed by atoms with Crippen LogP contribution in [0.15, 0.2) is 84.9 Å². The van der Waals surface area contributed by atoms with E-state index in [0.717, 1.165) is 44.8 Å². The van der Waals surface area contributed by atoms with Crippen LogP contribution in [0.4, 0.5) is 5.82 Å². The molecule has 5 aromatic rings. The van der Waals surface area contributed by atoms with E-state index in [4.69, 9.17) is 4.98 Å². The van der Waals surface area contributed by atoms with E-state index >= 15 is 0 Å². The summed E-state index contributed by atoms with van der Waals surface area (Å²) < 4.78 is 2.12. The summed E-state index contributed by atoms with van der Waals surface area (Å²) in [5.74, 6) is 1.17. The lowest BCUT2D eigenvalue weighted by Gasteiger charge is -2.24. The van der Waals surface area contributed by atoms with Gasteiger partial charge in [0.25, 0.3) is 0 Å². The number of nitrogens with one attached hydrogen (secondary N) is 1. The van der Waals surface area contributed by atoms with E-state index in [1.54, 1.807) is 6.07 Å². The van der Waals surface area contributed by atoms with Gasteiger partial charge in [-0.15, -0.1) is 0 Å². The van der Waals surface area contributed by atoms with Crippen LogP contribution in [0.3, 0.4) is 0 Å². The molecule has 2 aromatic heterocycles. The molecule has 5 rings (SSSR count). The normalized spacial score (nSPS) is 11.8. The Kier molecular flexibility index (Phi) is 4.44. The maximum absolute atomic E-state index is 10.9. The lowest BCUT2D eigenvalue weighted by Crippen LogP contribution is -2.27. The average Bonchev–Trinajstić information content (AvgIpc) is 3.11. The summed E-state index contributed by atoms with van der Waals surface area (Å²) in [4.78, 5) is 4.98. The van der Waals surface area contributed by atoms with Gasteiger partial charge in [0, 0.05) is 16.7 Å². The second-order valence-corrected chi connectivity index (χ2v) is 8.84. The first-order valence-corrected chi connectivity index (χ1v) is 10.5. The fraction of sp³-hybridized carbons (Fsp3) is 0.148. The number of hydrogen-bond acceptors (Lipinski definition) is 3. The van der Waals surface area contributed by atoms with E-state index in [0.29, 0.717) is 0 Å². The number of nitrogens with zero attached hydrogens (tertiary/aromatic N) is 2. The summed E-state index contributed by atoms with van der Waals surface area (Å²) in [5, 5.41) is 16.7. The highest BCUT2D eigenvalue weighted by atomic mass is 16.3. The van der Waals surface area contributed by atoms with Gasteiger partial charge in [-0.1, -0.05) is 66.7 Å². The Morgan fingerprint density at radius 2 is 1.55 bits per heavy atom. The van der Waals surface area contributed by atoms with E-state index in [1.165, 1.54) is 0 Å². The summed E-state index contributed by atoms with van der Waals surface area (Å²) >= 11 is 0. The van der Waals surface area contributed by atoms with Crippen LogP contribution in [0.25, 0.3) is 38.9 Å². The maximum atomic E-state index is 10.9. The second kappa shape index (κ2) is 7.17. The van der Waals surface area contributed by atoms with Gasteiger partial charge in [0.1, 0.15) is 22.9 Å². The van der Waals surface area contributed by atoms with Gasteiger partial charge < -0.3 is 10.4 Å². The number of fused-ring (bicyclic) bond motifs is 2. The zero-order valence-corrected chi connectivity index (χ0v) is 17.9. The van der Waals surface area contributed by atoms with Crippen LogP contribution < -0.4 is 5.32 Å². The number of imidazole rings is 1. The van der Waals surface area contributed by atoms with Crippen molar-refractivity contribution in [3.05, 3.63) is 84.9 Å². The highest BCUT2D eigenvalue weighted by Crippen LogP contribution is 2.40. The number of aromatic nitrogens is 2. The Labute approximate surface area is 181 Å². The molecule has 0 bridgehead atoms. The predicted octanol–water partition coefficient (Wildman–Crippen LogP) is 6.74. The van der Waals surface area contributed by atoms with Gasteiger partial charge in [-0.3, -0.25) is 4.40 Å². The van der Waals surface area contributed by atoms with Crippen molar-refractivity contribution in [1.82, 2.24) is 9.38 Å². The zero-order chi connectivity index (χ0) is 21.6. The molecule has 0 saturated carbocycles. The molecule has 2 N–H and O–H groups in total. The van der Waals surface area contributed by atoms with Crippen molar-refractivity contribution in [3.63, 3.8) is 0 Å². The fourth-order valence-electron chi connectivity index (χ4n) is 4.09. The summed E-state index contributed by atoms with van der Waals surface area (Å²) in [5.41, 5.74) is 4.29. The SMILES string of the molecule is CC(C)(C)Nc1c(-c2ccccc2)nc2cccc(-c3c(O)ccc4ccccc34)n12. The van der Waals surface area contributed by atoms with Gasteiger partial charge >= 0.3 is 0 Å². The van der Waals surface area contributed by atoms with Crippen LogP contribution in [0.1, 0.15) is 20.8 Å². The van der Waals surface area contributed by atoms with E-state index in [9.17, 15) is 5.11 Å². The molecule has 0 aliphatic carbocycles. The minimum Gasteiger partial charge on any atom is -0.507 e. The molecule has 154 valence electrons. The highest BCUT2D eigenvalue weighted by Gasteiger charge is 2.22. The minimum absolute atomic E-state index is 0.173. The third-order valence-corrected chi connectivity index (χ3v) is 5.35. The predicted molar refractivity (Wildman–Crippen MR) is 129 cm³/mol. The topological polar surface area (TPSA) is 49.6 Å². The Bertz CT molecular complexity index is 1400. The van der Waals surface area contributed by atoms with E-state index in [1.807, 2.05) is 54.6 Å². The van der Waals surface area contributed by atoms with Crippen LogP contribution in [0.5, 0.6) is 5.75 Å². The molecule has 0 aliphatic rings. The van der Waals surface area contributed by atoms with Crippen molar-refractivity contribution in [2.45, 2.75) is 26.3 Å². The van der Waals surface area contributed by atoms with E-state index in [-0.39, 0.29) is 11.3 Å². The van der Waals surface area contributed by atoms with Gasteiger partial charge in [0.05, 0.1) is 5.69 Å². The van der Waals surface area contributed by atoms with Gasteiger partial charge in [0.2, 0.25) is 0 Å². The zero-order valence-electron chi connectivity index (χ0n) is 17.9. The lowest BCUT2D eigenvalue weighted by atomic mass is 10.00. The molecular weight excluding hydrogens is 382 g/mol. The molecule has 2 heterocycles. The molecule has 0 aliphatic heterocycles. The molecule has 0 unspecified atom stereocenters. The summed E-state index contributed by atoms with van der Waals surface area (Å²) in [6, 6.07) is 28.1. The number of pyridine rings is 1. The van der Waals surface area contributed by atoms with E-state index < -0.39 is 0 Å². The van der Waals surface area contributed by atoms with Crippen molar-refractivity contribution in [3.8, 4) is 28.3 Å². The van der Waals surface area contributed by atoms with Crippen LogP contribution >= 0.6 is 0 Å². The molecule has 4 nitrogen and oxygen atoms in total. The first-order valence-electron chi connectivity index (χ1n) is 10.5. The molecule has 4 heteroatoms. The Morgan fingerprint density at radius 3 is 2.32 bits per heavy atom. The highest BCUT2D eigenvalue weighted by molar-refractivity contribution is 5.99. The van der Waals surface area contributed by atoms with E-state index in [2.05, 4.69) is 54.8 Å². The van der Waals surface area contributed by atoms with Crippen molar-refractivity contribution in [2.75, 3.05) is 5.32 Å². The second-order valence-electron chi connectivity index (χ2n) is 8.84. The first-order chi connectivity index (χ1) is 14.9. The molecule has 0 radical (unpaired) electrons. The van der Waals surface area contributed by atoms with Crippen LogP contribution in [0.2, 0.25) is 0 Å². The Balaban J connectivity index is 1.88. The number of aromatic hydroxyl groups is 1. The van der Waals surface area contributed by atoms with Crippen molar-refractivity contribution < 1.29 is 5.11 Å².